The van der Waals surface area contributed by atoms with Gasteiger partial charge in [-0.05, 0) is 19.8 Å². The molecule has 0 aromatic carbocycles. The van der Waals surface area contributed by atoms with Gasteiger partial charge in [0.15, 0.2) is 0 Å². The lowest BCUT2D eigenvalue weighted by atomic mass is 9.95. The number of carbonyl (C=O) groups is 3. The van der Waals surface area contributed by atoms with E-state index in [-0.39, 0.29) is 30.3 Å². The SMILES string of the molecule is CCN1CCN(CC(=O)NC2CCCCC2)C(=O)/C=C\C1=O. The van der Waals surface area contributed by atoms with E-state index < -0.39 is 0 Å². The number of hydrogen-bond donors (Lipinski definition) is 1. The van der Waals surface area contributed by atoms with Crippen LogP contribution in [-0.4, -0.2) is 59.7 Å². The maximum atomic E-state index is 12.1. The van der Waals surface area contributed by atoms with Gasteiger partial charge in [-0.25, -0.2) is 0 Å². The molecule has 0 radical (unpaired) electrons. The molecule has 1 fully saturated rings. The normalized spacial score (nSPS) is 22.2. The zero-order valence-corrected chi connectivity index (χ0v) is 13.2. The van der Waals surface area contributed by atoms with Crippen molar-refractivity contribution in [1.82, 2.24) is 15.1 Å². The summed E-state index contributed by atoms with van der Waals surface area (Å²) in [6.45, 7) is 3.41. The van der Waals surface area contributed by atoms with E-state index in [4.69, 9.17) is 0 Å². The first kappa shape index (κ1) is 16.5. The van der Waals surface area contributed by atoms with Gasteiger partial charge in [0.2, 0.25) is 17.7 Å². The van der Waals surface area contributed by atoms with Crippen molar-refractivity contribution in [3.05, 3.63) is 12.2 Å². The fourth-order valence-electron chi connectivity index (χ4n) is 2.98. The molecule has 6 heteroatoms. The van der Waals surface area contributed by atoms with E-state index in [9.17, 15) is 14.4 Å². The number of likely N-dealkylation sites (N-methyl/N-ethyl adjacent to an activating group) is 1. The molecule has 0 spiro atoms. The van der Waals surface area contributed by atoms with Crippen LogP contribution in [0.25, 0.3) is 0 Å². The third kappa shape index (κ3) is 4.58. The van der Waals surface area contributed by atoms with Gasteiger partial charge in [0, 0.05) is 37.8 Å². The molecule has 1 aliphatic carbocycles. The molecular weight excluding hydrogens is 282 g/mol. The standard InChI is InChI=1S/C16H25N3O3/c1-2-18-10-11-19(16(22)9-8-15(18)21)12-14(20)17-13-6-4-3-5-7-13/h8-9,13H,2-7,10-12H2,1H3,(H,17,20)/b9-8-. The molecule has 0 saturated heterocycles. The van der Waals surface area contributed by atoms with E-state index in [2.05, 4.69) is 5.32 Å². The summed E-state index contributed by atoms with van der Waals surface area (Å²) in [5.74, 6) is -0.534. The van der Waals surface area contributed by atoms with Gasteiger partial charge >= 0.3 is 0 Å². The predicted octanol–water partition coefficient (Wildman–Crippen LogP) is 0.682. The summed E-state index contributed by atoms with van der Waals surface area (Å²) in [4.78, 5) is 39.0. The van der Waals surface area contributed by atoms with Gasteiger partial charge in [-0.15, -0.1) is 0 Å². The predicted molar refractivity (Wildman–Crippen MR) is 83.0 cm³/mol. The van der Waals surface area contributed by atoms with Gasteiger partial charge in [-0.2, -0.15) is 0 Å². The van der Waals surface area contributed by atoms with E-state index in [1.54, 1.807) is 4.90 Å². The highest BCUT2D eigenvalue weighted by Gasteiger charge is 2.22. The maximum absolute atomic E-state index is 12.1. The molecule has 122 valence electrons. The van der Waals surface area contributed by atoms with Crippen LogP contribution in [0.15, 0.2) is 12.2 Å². The van der Waals surface area contributed by atoms with Crippen molar-refractivity contribution >= 4 is 17.7 Å². The van der Waals surface area contributed by atoms with Crippen LogP contribution in [0.3, 0.4) is 0 Å². The second-order valence-electron chi connectivity index (χ2n) is 5.91. The largest absolute Gasteiger partial charge is 0.352 e. The molecule has 3 amide bonds. The third-order valence-electron chi connectivity index (χ3n) is 4.32. The van der Waals surface area contributed by atoms with Crippen LogP contribution in [0.1, 0.15) is 39.0 Å². The Labute approximate surface area is 131 Å². The van der Waals surface area contributed by atoms with Gasteiger partial charge in [-0.3, -0.25) is 14.4 Å². The first-order chi connectivity index (χ1) is 10.6. The minimum absolute atomic E-state index is 0.0609. The average molecular weight is 307 g/mol. The molecule has 2 aliphatic rings. The van der Waals surface area contributed by atoms with Crippen molar-refractivity contribution in [3.8, 4) is 0 Å². The molecule has 0 aromatic rings. The number of nitrogens with zero attached hydrogens (tertiary/aromatic N) is 2. The van der Waals surface area contributed by atoms with Crippen molar-refractivity contribution in [1.29, 1.82) is 0 Å². The van der Waals surface area contributed by atoms with E-state index in [0.717, 1.165) is 25.7 Å². The van der Waals surface area contributed by atoms with E-state index in [1.165, 1.54) is 23.5 Å². The molecule has 0 atom stereocenters. The summed E-state index contributed by atoms with van der Waals surface area (Å²) >= 11 is 0. The monoisotopic (exact) mass is 307 g/mol. The fourth-order valence-corrected chi connectivity index (χ4v) is 2.98. The molecule has 1 heterocycles. The number of amides is 3. The summed E-state index contributed by atoms with van der Waals surface area (Å²) < 4.78 is 0. The summed E-state index contributed by atoms with van der Waals surface area (Å²) in [6, 6.07) is 0.246. The Morgan fingerprint density at radius 3 is 2.32 bits per heavy atom. The van der Waals surface area contributed by atoms with E-state index in [0.29, 0.717) is 19.6 Å². The van der Waals surface area contributed by atoms with Gasteiger partial charge in [0.05, 0.1) is 6.54 Å². The molecule has 1 N–H and O–H groups in total. The molecule has 1 saturated carbocycles. The van der Waals surface area contributed by atoms with E-state index in [1.807, 2.05) is 6.92 Å². The zero-order valence-electron chi connectivity index (χ0n) is 13.2. The van der Waals surface area contributed by atoms with Crippen LogP contribution < -0.4 is 5.32 Å². The Hall–Kier alpha value is -1.85. The van der Waals surface area contributed by atoms with Crippen LogP contribution in [0.5, 0.6) is 0 Å². The van der Waals surface area contributed by atoms with Crippen molar-refractivity contribution in [3.63, 3.8) is 0 Å². The molecule has 2 rings (SSSR count). The van der Waals surface area contributed by atoms with Crippen LogP contribution in [0.4, 0.5) is 0 Å². The minimum atomic E-state index is -0.275. The number of rotatable bonds is 4. The minimum Gasteiger partial charge on any atom is -0.352 e. The lowest BCUT2D eigenvalue weighted by molar-refractivity contribution is -0.135. The van der Waals surface area contributed by atoms with Crippen molar-refractivity contribution in [2.24, 2.45) is 0 Å². The number of carbonyl (C=O) groups excluding carboxylic acids is 3. The van der Waals surface area contributed by atoms with Crippen molar-refractivity contribution in [2.45, 2.75) is 45.1 Å². The highest BCUT2D eigenvalue weighted by atomic mass is 16.2. The topological polar surface area (TPSA) is 69.7 Å². The summed E-state index contributed by atoms with van der Waals surface area (Å²) in [5, 5.41) is 3.02. The first-order valence-corrected chi connectivity index (χ1v) is 8.15. The quantitative estimate of drug-likeness (QED) is 0.830. The van der Waals surface area contributed by atoms with Crippen LogP contribution >= 0.6 is 0 Å². The third-order valence-corrected chi connectivity index (χ3v) is 4.32. The molecular formula is C16H25N3O3. The highest BCUT2D eigenvalue weighted by Crippen LogP contribution is 2.17. The van der Waals surface area contributed by atoms with Crippen LogP contribution in [0, 0.1) is 0 Å². The van der Waals surface area contributed by atoms with Gasteiger partial charge in [-0.1, -0.05) is 19.3 Å². The first-order valence-electron chi connectivity index (χ1n) is 8.15. The molecule has 0 aromatic heterocycles. The lowest BCUT2D eigenvalue weighted by Gasteiger charge is -2.29. The summed E-state index contributed by atoms with van der Waals surface area (Å²) in [5.41, 5.74) is 0. The Morgan fingerprint density at radius 1 is 1.09 bits per heavy atom. The highest BCUT2D eigenvalue weighted by molar-refractivity contribution is 5.98. The van der Waals surface area contributed by atoms with E-state index >= 15 is 0 Å². The fraction of sp³-hybridized carbons (Fsp3) is 0.688. The Morgan fingerprint density at radius 2 is 1.68 bits per heavy atom. The Kier molecular flexibility index (Phi) is 5.98. The van der Waals surface area contributed by atoms with Crippen molar-refractivity contribution in [2.75, 3.05) is 26.2 Å². The zero-order chi connectivity index (χ0) is 15.9. The Bertz CT molecular complexity index is 456. The molecule has 0 unspecified atom stereocenters. The van der Waals surface area contributed by atoms with Crippen molar-refractivity contribution < 1.29 is 14.4 Å². The average Bonchev–Trinajstić information content (AvgIpc) is 2.51. The Balaban J connectivity index is 1.89. The van der Waals surface area contributed by atoms with Gasteiger partial charge < -0.3 is 15.1 Å². The lowest BCUT2D eigenvalue weighted by Crippen LogP contribution is -2.48. The van der Waals surface area contributed by atoms with Gasteiger partial charge in [0.1, 0.15) is 0 Å². The van der Waals surface area contributed by atoms with Crippen LogP contribution in [0.2, 0.25) is 0 Å². The summed E-state index contributed by atoms with van der Waals surface area (Å²) in [7, 11) is 0. The molecule has 6 nitrogen and oxygen atoms in total. The number of hydrogen-bond acceptors (Lipinski definition) is 3. The second kappa shape index (κ2) is 7.96. The smallest absolute Gasteiger partial charge is 0.247 e. The second-order valence-corrected chi connectivity index (χ2v) is 5.91. The molecule has 22 heavy (non-hydrogen) atoms. The maximum Gasteiger partial charge on any atom is 0.247 e. The number of nitrogens with one attached hydrogen (secondary N) is 1. The van der Waals surface area contributed by atoms with Gasteiger partial charge in [0.25, 0.3) is 0 Å². The van der Waals surface area contributed by atoms with Crippen LogP contribution in [-0.2, 0) is 14.4 Å². The molecule has 1 aliphatic heterocycles. The molecule has 0 bridgehead atoms. The summed E-state index contributed by atoms with van der Waals surface area (Å²) in [6.07, 6.45) is 8.15.